The quantitative estimate of drug-likeness (QED) is 0.521. The van der Waals surface area contributed by atoms with Gasteiger partial charge in [0.2, 0.25) is 0 Å². The monoisotopic (exact) mass is 441 g/mol. The van der Waals surface area contributed by atoms with Crippen molar-refractivity contribution in [2.75, 3.05) is 20.3 Å². The van der Waals surface area contributed by atoms with Crippen LogP contribution in [0, 0.1) is 0 Å². The van der Waals surface area contributed by atoms with E-state index in [9.17, 15) is 14.7 Å². The molecule has 0 unspecified atom stereocenters. The van der Waals surface area contributed by atoms with Gasteiger partial charge in [-0.15, -0.1) is 11.3 Å². The molecule has 0 radical (unpaired) electrons. The lowest BCUT2D eigenvalue weighted by molar-refractivity contribution is 0.0526. The van der Waals surface area contributed by atoms with Gasteiger partial charge in [-0.3, -0.25) is 4.79 Å². The fraction of sp³-hybridized carbons (Fsp3) is 0.227. The van der Waals surface area contributed by atoms with Gasteiger partial charge in [0.1, 0.15) is 5.75 Å². The summed E-state index contributed by atoms with van der Waals surface area (Å²) in [6.07, 6.45) is 0. The molecule has 3 aromatic rings. The van der Waals surface area contributed by atoms with Crippen molar-refractivity contribution in [1.29, 1.82) is 0 Å². The zero-order valence-electron chi connectivity index (χ0n) is 17.2. The van der Waals surface area contributed by atoms with E-state index >= 15 is 0 Å². The summed E-state index contributed by atoms with van der Waals surface area (Å²) in [5.41, 5.74) is 8.09. The Balaban J connectivity index is 2.02. The maximum absolute atomic E-state index is 11.8. The van der Waals surface area contributed by atoms with Crippen LogP contribution in [0.25, 0.3) is 11.3 Å². The molecule has 31 heavy (non-hydrogen) atoms. The van der Waals surface area contributed by atoms with Gasteiger partial charge in [-0.25, -0.2) is 9.79 Å². The first-order valence-corrected chi connectivity index (χ1v) is 10.4. The Labute approximate surface area is 183 Å². The SMILES string of the molecule is CCOC(=O)c1ccc(N=c2scc(-c3ccc(O)c(C(N)=O)c3)n2CCOC)cc1. The summed E-state index contributed by atoms with van der Waals surface area (Å²) >= 11 is 1.42. The number of hydrogen-bond donors (Lipinski definition) is 2. The summed E-state index contributed by atoms with van der Waals surface area (Å²) in [5, 5.41) is 11.8. The fourth-order valence-electron chi connectivity index (χ4n) is 2.94. The fourth-order valence-corrected chi connectivity index (χ4v) is 3.89. The van der Waals surface area contributed by atoms with Crippen molar-refractivity contribution in [3.63, 3.8) is 0 Å². The van der Waals surface area contributed by atoms with Crippen molar-refractivity contribution in [1.82, 2.24) is 4.57 Å². The molecule has 3 N–H and O–H groups in total. The van der Waals surface area contributed by atoms with Crippen LogP contribution in [-0.2, 0) is 16.0 Å². The number of thiazole rings is 1. The minimum atomic E-state index is -0.704. The van der Waals surface area contributed by atoms with E-state index in [4.69, 9.17) is 20.2 Å². The first-order valence-electron chi connectivity index (χ1n) is 9.57. The molecule has 0 aliphatic carbocycles. The van der Waals surface area contributed by atoms with Crippen LogP contribution in [0.5, 0.6) is 5.75 Å². The third kappa shape index (κ3) is 5.19. The average Bonchev–Trinajstić information content (AvgIpc) is 3.15. The highest BCUT2D eigenvalue weighted by atomic mass is 32.1. The Bertz CT molecular complexity index is 1150. The van der Waals surface area contributed by atoms with Gasteiger partial charge >= 0.3 is 5.97 Å². The maximum atomic E-state index is 11.8. The number of amides is 1. The van der Waals surface area contributed by atoms with Crippen LogP contribution in [0.1, 0.15) is 27.6 Å². The number of primary amides is 1. The molecule has 162 valence electrons. The minimum Gasteiger partial charge on any atom is -0.507 e. The molecule has 0 bridgehead atoms. The number of rotatable bonds is 8. The number of aromatic nitrogens is 1. The number of esters is 1. The second kappa shape index (κ2) is 10.1. The highest BCUT2D eigenvalue weighted by Gasteiger charge is 2.13. The van der Waals surface area contributed by atoms with Crippen LogP contribution >= 0.6 is 11.3 Å². The Hall–Kier alpha value is -3.43. The number of methoxy groups -OCH3 is 1. The maximum Gasteiger partial charge on any atom is 0.338 e. The van der Waals surface area contributed by atoms with E-state index in [1.54, 1.807) is 50.4 Å². The molecule has 0 saturated heterocycles. The molecule has 0 atom stereocenters. The predicted molar refractivity (Wildman–Crippen MR) is 117 cm³/mol. The van der Waals surface area contributed by atoms with Crippen molar-refractivity contribution in [3.8, 4) is 17.0 Å². The summed E-state index contributed by atoms with van der Waals surface area (Å²) in [7, 11) is 1.61. The van der Waals surface area contributed by atoms with Gasteiger partial charge in [0.05, 0.1) is 35.7 Å². The lowest BCUT2D eigenvalue weighted by atomic mass is 10.1. The number of benzene rings is 2. The van der Waals surface area contributed by atoms with E-state index in [2.05, 4.69) is 0 Å². The lowest BCUT2D eigenvalue weighted by Gasteiger charge is -2.10. The molecule has 0 aliphatic heterocycles. The van der Waals surface area contributed by atoms with Gasteiger partial charge in [-0.05, 0) is 49.4 Å². The minimum absolute atomic E-state index is 0.0510. The third-order valence-corrected chi connectivity index (χ3v) is 5.34. The highest BCUT2D eigenvalue weighted by Crippen LogP contribution is 2.26. The van der Waals surface area contributed by atoms with E-state index in [1.165, 1.54) is 17.4 Å². The van der Waals surface area contributed by atoms with Crippen molar-refractivity contribution in [2.45, 2.75) is 13.5 Å². The summed E-state index contributed by atoms with van der Waals surface area (Å²) in [6, 6.07) is 11.6. The van der Waals surface area contributed by atoms with Crippen LogP contribution in [0.3, 0.4) is 0 Å². The van der Waals surface area contributed by atoms with Gasteiger partial charge in [-0.2, -0.15) is 0 Å². The van der Waals surface area contributed by atoms with Crippen molar-refractivity contribution in [3.05, 3.63) is 63.8 Å². The van der Waals surface area contributed by atoms with E-state index in [-0.39, 0.29) is 17.3 Å². The van der Waals surface area contributed by atoms with Crippen LogP contribution in [-0.4, -0.2) is 41.9 Å². The summed E-state index contributed by atoms with van der Waals surface area (Å²) in [4.78, 5) is 28.8. The number of carbonyl (C=O) groups excluding carboxylic acids is 2. The number of hydrogen-bond acceptors (Lipinski definition) is 7. The molecule has 1 aromatic heterocycles. The normalized spacial score (nSPS) is 11.5. The van der Waals surface area contributed by atoms with Crippen molar-refractivity contribution < 1.29 is 24.2 Å². The van der Waals surface area contributed by atoms with Gasteiger partial charge in [0, 0.05) is 24.6 Å². The first-order chi connectivity index (χ1) is 14.9. The molecular formula is C22H23N3O5S. The summed E-state index contributed by atoms with van der Waals surface area (Å²) < 4.78 is 12.2. The summed E-state index contributed by atoms with van der Waals surface area (Å²) in [6.45, 7) is 3.06. The number of aromatic hydroxyl groups is 1. The predicted octanol–water partition coefficient (Wildman–Crippen LogP) is 3.08. The van der Waals surface area contributed by atoms with Crippen molar-refractivity contribution >= 4 is 28.9 Å². The molecule has 0 aliphatic rings. The zero-order valence-corrected chi connectivity index (χ0v) is 18.0. The summed E-state index contributed by atoms with van der Waals surface area (Å²) in [5.74, 6) is -1.24. The second-order valence-corrected chi connectivity index (χ2v) is 7.36. The van der Waals surface area contributed by atoms with Crippen LogP contribution < -0.4 is 10.5 Å². The Morgan fingerprint density at radius 1 is 1.19 bits per heavy atom. The molecule has 1 heterocycles. The van der Waals surface area contributed by atoms with Crippen LogP contribution in [0.4, 0.5) is 5.69 Å². The first kappa shape index (κ1) is 22.3. The Morgan fingerprint density at radius 2 is 1.94 bits per heavy atom. The largest absolute Gasteiger partial charge is 0.507 e. The lowest BCUT2D eigenvalue weighted by Crippen LogP contribution is -2.19. The molecule has 0 spiro atoms. The number of carbonyl (C=O) groups is 2. The molecule has 2 aromatic carbocycles. The molecule has 3 rings (SSSR count). The van der Waals surface area contributed by atoms with Crippen LogP contribution in [0.2, 0.25) is 0 Å². The molecule has 8 nitrogen and oxygen atoms in total. The molecule has 0 fully saturated rings. The topological polar surface area (TPSA) is 116 Å². The van der Waals surface area contributed by atoms with Gasteiger partial charge < -0.3 is 24.9 Å². The molecule has 9 heteroatoms. The van der Waals surface area contributed by atoms with Crippen molar-refractivity contribution in [2.24, 2.45) is 10.7 Å². The van der Waals surface area contributed by atoms with Crippen LogP contribution in [0.15, 0.2) is 52.8 Å². The number of ether oxygens (including phenoxy) is 2. The number of phenols is 1. The zero-order chi connectivity index (χ0) is 22.4. The molecular weight excluding hydrogens is 418 g/mol. The Morgan fingerprint density at radius 3 is 2.58 bits per heavy atom. The van der Waals surface area contributed by atoms with Gasteiger partial charge in [0.15, 0.2) is 4.80 Å². The Kier molecular flexibility index (Phi) is 7.22. The van der Waals surface area contributed by atoms with E-state index in [0.29, 0.717) is 35.8 Å². The number of nitrogens with two attached hydrogens (primary N) is 1. The highest BCUT2D eigenvalue weighted by molar-refractivity contribution is 7.07. The molecule has 0 saturated carbocycles. The molecule has 1 amide bonds. The van der Waals surface area contributed by atoms with Gasteiger partial charge in [-0.1, -0.05) is 0 Å². The number of nitrogens with zero attached hydrogens (tertiary/aromatic N) is 2. The standard InChI is InChI=1S/C22H23N3O5S/c1-3-30-21(28)14-4-7-16(8-5-14)24-22-25(10-11-29-2)18(13-31-22)15-6-9-19(26)17(12-15)20(23)27/h4-9,12-13,26H,3,10-11H2,1-2H3,(H2,23,27). The van der Waals surface area contributed by atoms with E-state index < -0.39 is 5.91 Å². The average molecular weight is 442 g/mol. The van der Waals surface area contributed by atoms with E-state index in [0.717, 1.165) is 11.3 Å². The van der Waals surface area contributed by atoms with Gasteiger partial charge in [0.25, 0.3) is 5.91 Å². The smallest absolute Gasteiger partial charge is 0.338 e. The van der Waals surface area contributed by atoms with E-state index in [1.807, 2.05) is 9.95 Å². The third-order valence-electron chi connectivity index (χ3n) is 4.48. The second-order valence-electron chi connectivity index (χ2n) is 6.52.